The maximum absolute atomic E-state index is 13.0. The molecular weight excluding hydrogens is 355 g/mol. The lowest BCUT2D eigenvalue weighted by atomic mass is 10.1. The number of aryl methyl sites for hydroxylation is 1. The van der Waals surface area contributed by atoms with Gasteiger partial charge in [-0.1, -0.05) is 18.2 Å². The number of amides is 2. The average Bonchev–Trinajstić information content (AvgIpc) is 3.01. The monoisotopic (exact) mass is 370 g/mol. The van der Waals surface area contributed by atoms with Crippen molar-refractivity contribution in [2.45, 2.75) is 13.5 Å². The Morgan fingerprint density at radius 2 is 1.81 bits per heavy atom. The summed E-state index contributed by atoms with van der Waals surface area (Å²) in [6, 6.07) is 12.1. The molecule has 138 valence electrons. The van der Waals surface area contributed by atoms with E-state index < -0.39 is 29.9 Å². The largest absolute Gasteiger partial charge is 0.437 e. The van der Waals surface area contributed by atoms with Gasteiger partial charge in [-0.15, -0.1) is 5.10 Å². The summed E-state index contributed by atoms with van der Waals surface area (Å²) in [6.07, 6.45) is 0. The first-order valence-electron chi connectivity index (χ1n) is 7.93. The number of halogens is 1. The summed E-state index contributed by atoms with van der Waals surface area (Å²) >= 11 is 0. The number of carbonyl (C=O) groups is 2. The van der Waals surface area contributed by atoms with E-state index >= 15 is 0 Å². The van der Waals surface area contributed by atoms with Crippen LogP contribution in [0, 0.1) is 12.7 Å². The summed E-state index contributed by atoms with van der Waals surface area (Å²) in [5.74, 6) is -2.49. The Balaban J connectivity index is 1.63. The van der Waals surface area contributed by atoms with Crippen LogP contribution in [-0.4, -0.2) is 21.6 Å². The lowest BCUT2D eigenvalue weighted by molar-refractivity contribution is -0.122. The van der Waals surface area contributed by atoms with E-state index in [2.05, 4.69) is 16.0 Å². The van der Waals surface area contributed by atoms with Crippen molar-refractivity contribution in [1.82, 2.24) is 20.6 Å². The van der Waals surface area contributed by atoms with Crippen LogP contribution in [0.1, 0.15) is 15.9 Å². The number of nitrogens with one attached hydrogen (secondary N) is 2. The molecule has 0 aliphatic carbocycles. The molecular formula is C18H15FN4O4. The van der Waals surface area contributed by atoms with E-state index in [1.807, 2.05) is 0 Å². The van der Waals surface area contributed by atoms with Crippen LogP contribution in [0.3, 0.4) is 0 Å². The first-order chi connectivity index (χ1) is 12.9. The number of aromatic nitrogens is 2. The molecule has 0 fully saturated rings. The van der Waals surface area contributed by atoms with Gasteiger partial charge in [0.05, 0.1) is 0 Å². The van der Waals surface area contributed by atoms with Gasteiger partial charge in [0.15, 0.2) is 0 Å². The number of hydrazine groups is 1. The van der Waals surface area contributed by atoms with Gasteiger partial charge in [-0.2, -0.15) is 4.68 Å². The summed E-state index contributed by atoms with van der Waals surface area (Å²) in [6.45, 7) is 1.31. The van der Waals surface area contributed by atoms with Crippen molar-refractivity contribution in [2.75, 3.05) is 0 Å². The highest BCUT2D eigenvalue weighted by Gasteiger charge is 2.14. The SMILES string of the molecule is Cc1ccccc1C(=O)NNC(=O)Cn1nc(-c2ccc(F)cc2)oc1=O. The minimum absolute atomic E-state index is 0.0447. The molecule has 1 heterocycles. The van der Waals surface area contributed by atoms with E-state index in [-0.39, 0.29) is 5.89 Å². The van der Waals surface area contributed by atoms with E-state index in [0.29, 0.717) is 11.1 Å². The molecule has 2 aromatic carbocycles. The Kier molecular flexibility index (Phi) is 5.11. The second-order valence-electron chi connectivity index (χ2n) is 5.65. The molecule has 0 aliphatic heterocycles. The van der Waals surface area contributed by atoms with E-state index in [1.165, 1.54) is 24.3 Å². The van der Waals surface area contributed by atoms with Gasteiger partial charge in [0.1, 0.15) is 12.4 Å². The molecule has 0 spiro atoms. The zero-order chi connectivity index (χ0) is 19.4. The van der Waals surface area contributed by atoms with Crippen molar-refractivity contribution >= 4 is 11.8 Å². The number of nitrogens with zero attached hydrogens (tertiary/aromatic N) is 2. The molecule has 1 aromatic heterocycles. The number of hydrogen-bond donors (Lipinski definition) is 2. The highest BCUT2D eigenvalue weighted by Crippen LogP contribution is 2.15. The highest BCUT2D eigenvalue weighted by atomic mass is 19.1. The number of rotatable bonds is 4. The Hall–Kier alpha value is -3.75. The summed E-state index contributed by atoms with van der Waals surface area (Å²) in [7, 11) is 0. The Labute approximate surface area is 152 Å². The summed E-state index contributed by atoms with van der Waals surface area (Å²) < 4.78 is 18.7. The van der Waals surface area contributed by atoms with Crippen molar-refractivity contribution in [3.63, 3.8) is 0 Å². The zero-order valence-electron chi connectivity index (χ0n) is 14.2. The second-order valence-corrected chi connectivity index (χ2v) is 5.65. The van der Waals surface area contributed by atoms with E-state index in [4.69, 9.17) is 4.42 Å². The fourth-order valence-electron chi connectivity index (χ4n) is 2.31. The summed E-state index contributed by atoms with van der Waals surface area (Å²) in [4.78, 5) is 35.8. The van der Waals surface area contributed by atoms with Crippen molar-refractivity contribution in [3.05, 3.63) is 76.0 Å². The molecule has 0 saturated heterocycles. The summed E-state index contributed by atoms with van der Waals surface area (Å²) in [5.41, 5.74) is 6.03. The third kappa shape index (κ3) is 4.27. The van der Waals surface area contributed by atoms with Gasteiger partial charge >= 0.3 is 5.76 Å². The molecule has 9 heteroatoms. The summed E-state index contributed by atoms with van der Waals surface area (Å²) in [5, 5.41) is 3.89. The van der Waals surface area contributed by atoms with E-state index in [0.717, 1.165) is 10.2 Å². The van der Waals surface area contributed by atoms with Crippen LogP contribution in [0.15, 0.2) is 57.7 Å². The van der Waals surface area contributed by atoms with Crippen LogP contribution >= 0.6 is 0 Å². The minimum atomic E-state index is -0.852. The van der Waals surface area contributed by atoms with Crippen LogP contribution in [0.25, 0.3) is 11.5 Å². The lowest BCUT2D eigenvalue weighted by Gasteiger charge is -2.08. The predicted octanol–water partition coefficient (Wildman–Crippen LogP) is 1.41. The topological polar surface area (TPSA) is 106 Å². The van der Waals surface area contributed by atoms with Crippen molar-refractivity contribution in [2.24, 2.45) is 0 Å². The Bertz CT molecular complexity index is 1040. The maximum Gasteiger partial charge on any atom is 0.437 e. The fourth-order valence-corrected chi connectivity index (χ4v) is 2.31. The number of hydrogen-bond acceptors (Lipinski definition) is 5. The molecule has 3 rings (SSSR count). The van der Waals surface area contributed by atoms with Crippen LogP contribution in [-0.2, 0) is 11.3 Å². The zero-order valence-corrected chi connectivity index (χ0v) is 14.2. The van der Waals surface area contributed by atoms with Gasteiger partial charge in [0.25, 0.3) is 11.8 Å². The molecule has 0 unspecified atom stereocenters. The van der Waals surface area contributed by atoms with Gasteiger partial charge in [-0.05, 0) is 42.8 Å². The fraction of sp³-hybridized carbons (Fsp3) is 0.111. The first kappa shape index (κ1) is 18.1. The minimum Gasteiger partial charge on any atom is -0.388 e. The van der Waals surface area contributed by atoms with Crippen LogP contribution in [0.2, 0.25) is 0 Å². The van der Waals surface area contributed by atoms with Gasteiger partial charge in [-0.25, -0.2) is 9.18 Å². The van der Waals surface area contributed by atoms with Crippen molar-refractivity contribution < 1.29 is 18.4 Å². The maximum atomic E-state index is 13.0. The molecule has 2 N–H and O–H groups in total. The standard InChI is InChI=1S/C18H15FN4O4/c1-11-4-2-3-5-14(11)16(25)21-20-15(24)10-23-18(26)27-17(22-23)12-6-8-13(19)9-7-12/h2-9H,10H2,1H3,(H,20,24)(H,21,25). The Morgan fingerprint density at radius 3 is 2.52 bits per heavy atom. The molecule has 0 atom stereocenters. The van der Waals surface area contributed by atoms with Gasteiger partial charge in [0, 0.05) is 11.1 Å². The quantitative estimate of drug-likeness (QED) is 0.676. The highest BCUT2D eigenvalue weighted by molar-refractivity contribution is 5.96. The molecule has 3 aromatic rings. The lowest BCUT2D eigenvalue weighted by Crippen LogP contribution is -2.44. The van der Waals surface area contributed by atoms with Crippen molar-refractivity contribution in [1.29, 1.82) is 0 Å². The third-order valence-corrected chi connectivity index (χ3v) is 3.70. The van der Waals surface area contributed by atoms with Crippen LogP contribution < -0.4 is 16.6 Å². The van der Waals surface area contributed by atoms with Crippen LogP contribution in [0.4, 0.5) is 4.39 Å². The molecule has 8 nitrogen and oxygen atoms in total. The first-order valence-corrected chi connectivity index (χ1v) is 7.93. The molecule has 2 amide bonds. The smallest absolute Gasteiger partial charge is 0.388 e. The second kappa shape index (κ2) is 7.65. The predicted molar refractivity (Wildman–Crippen MR) is 92.9 cm³/mol. The van der Waals surface area contributed by atoms with Gasteiger partial charge in [0.2, 0.25) is 5.89 Å². The van der Waals surface area contributed by atoms with Gasteiger partial charge < -0.3 is 4.42 Å². The molecule has 27 heavy (non-hydrogen) atoms. The van der Waals surface area contributed by atoms with Crippen LogP contribution in [0.5, 0.6) is 0 Å². The third-order valence-electron chi connectivity index (χ3n) is 3.70. The molecule has 0 radical (unpaired) electrons. The van der Waals surface area contributed by atoms with E-state index in [1.54, 1.807) is 31.2 Å². The number of carbonyl (C=O) groups excluding carboxylic acids is 2. The molecule has 0 aliphatic rings. The average molecular weight is 370 g/mol. The molecule has 0 bridgehead atoms. The normalized spacial score (nSPS) is 10.4. The molecule has 0 saturated carbocycles. The number of benzene rings is 2. The van der Waals surface area contributed by atoms with Crippen molar-refractivity contribution in [3.8, 4) is 11.5 Å². The Morgan fingerprint density at radius 1 is 1.11 bits per heavy atom. The van der Waals surface area contributed by atoms with E-state index in [9.17, 15) is 18.8 Å². The van der Waals surface area contributed by atoms with Gasteiger partial charge in [-0.3, -0.25) is 20.4 Å².